The van der Waals surface area contributed by atoms with Crippen LogP contribution in [-0.4, -0.2) is 30.3 Å². The number of rotatable bonds is 4. The predicted molar refractivity (Wildman–Crippen MR) is 91.7 cm³/mol. The molecule has 124 valence electrons. The molecule has 0 aliphatic carbocycles. The highest BCUT2D eigenvalue weighted by Gasteiger charge is 2.18. The molecule has 0 bridgehead atoms. The van der Waals surface area contributed by atoms with E-state index in [0.717, 1.165) is 22.9 Å². The van der Waals surface area contributed by atoms with E-state index < -0.39 is 0 Å². The summed E-state index contributed by atoms with van der Waals surface area (Å²) in [6.07, 6.45) is 1.44. The summed E-state index contributed by atoms with van der Waals surface area (Å²) in [5.41, 5.74) is 2.28. The lowest BCUT2D eigenvalue weighted by molar-refractivity contribution is 0.0996. The van der Waals surface area contributed by atoms with Gasteiger partial charge in [0.25, 0.3) is 5.91 Å². The summed E-state index contributed by atoms with van der Waals surface area (Å²) < 4.78 is 11.0. The van der Waals surface area contributed by atoms with Gasteiger partial charge in [0.1, 0.15) is 0 Å². The van der Waals surface area contributed by atoms with Gasteiger partial charge in [-0.2, -0.15) is 9.36 Å². The van der Waals surface area contributed by atoms with E-state index in [0.29, 0.717) is 16.6 Å². The van der Waals surface area contributed by atoms with Crippen molar-refractivity contribution in [1.29, 1.82) is 0 Å². The first kappa shape index (κ1) is 15.2. The lowest BCUT2D eigenvalue weighted by Crippen LogP contribution is -2.10. The van der Waals surface area contributed by atoms with Crippen LogP contribution in [0.4, 0.5) is 5.13 Å². The summed E-state index contributed by atoms with van der Waals surface area (Å²) in [6, 6.07) is 12.9. The van der Waals surface area contributed by atoms with E-state index >= 15 is 0 Å². The van der Waals surface area contributed by atoms with Gasteiger partial charge < -0.3 is 4.42 Å². The molecule has 0 spiro atoms. The maximum Gasteiger partial charge on any atom is 0.293 e. The second-order valence-electron chi connectivity index (χ2n) is 5.13. The molecule has 0 saturated carbocycles. The molecule has 4 rings (SSSR count). The highest BCUT2D eigenvalue weighted by Crippen LogP contribution is 2.24. The molecule has 0 radical (unpaired) electrons. The molecule has 0 unspecified atom stereocenters. The standard InChI is InChI=1S/C16H12N6O2S/c1-10-13(19-21-22(10)11-6-3-2-4-7-11)14-17-16(25-20-14)18-15(23)12-8-5-9-24-12/h2-9H,1H3,(H,17,18,20,23). The number of nitrogens with zero attached hydrogens (tertiary/aromatic N) is 5. The lowest BCUT2D eigenvalue weighted by Gasteiger charge is -2.01. The Morgan fingerprint density at radius 1 is 1.20 bits per heavy atom. The zero-order chi connectivity index (χ0) is 17.2. The quantitative estimate of drug-likeness (QED) is 0.606. The van der Waals surface area contributed by atoms with Crippen LogP contribution in [0.3, 0.4) is 0 Å². The molecule has 3 aromatic heterocycles. The Morgan fingerprint density at radius 3 is 2.80 bits per heavy atom. The minimum absolute atomic E-state index is 0.211. The summed E-state index contributed by atoms with van der Waals surface area (Å²) in [7, 11) is 0. The zero-order valence-corrected chi connectivity index (χ0v) is 13.9. The largest absolute Gasteiger partial charge is 0.459 e. The van der Waals surface area contributed by atoms with Crippen molar-refractivity contribution in [2.75, 3.05) is 5.32 Å². The molecule has 8 nitrogen and oxygen atoms in total. The highest BCUT2D eigenvalue weighted by molar-refractivity contribution is 7.10. The van der Waals surface area contributed by atoms with E-state index in [-0.39, 0.29) is 11.7 Å². The van der Waals surface area contributed by atoms with Crippen LogP contribution in [0.2, 0.25) is 0 Å². The second kappa shape index (κ2) is 6.29. The predicted octanol–water partition coefficient (Wildman–Crippen LogP) is 2.94. The van der Waals surface area contributed by atoms with E-state index in [1.54, 1.807) is 16.8 Å². The molecule has 1 N–H and O–H groups in total. The lowest BCUT2D eigenvalue weighted by atomic mass is 10.3. The maximum absolute atomic E-state index is 12.0. The number of amides is 1. The summed E-state index contributed by atoms with van der Waals surface area (Å²) in [5.74, 6) is 0.250. The molecule has 4 aromatic rings. The number of furan rings is 1. The number of hydrogen-bond acceptors (Lipinski definition) is 7. The fourth-order valence-corrected chi connectivity index (χ4v) is 2.85. The molecule has 0 saturated heterocycles. The van der Waals surface area contributed by atoms with Crippen molar-refractivity contribution in [2.45, 2.75) is 6.92 Å². The first-order valence-electron chi connectivity index (χ1n) is 7.39. The number of para-hydroxylation sites is 1. The number of hydrogen-bond donors (Lipinski definition) is 1. The van der Waals surface area contributed by atoms with E-state index in [4.69, 9.17) is 4.42 Å². The number of nitrogens with one attached hydrogen (secondary N) is 1. The van der Waals surface area contributed by atoms with Crippen molar-refractivity contribution < 1.29 is 9.21 Å². The van der Waals surface area contributed by atoms with Gasteiger partial charge in [0.15, 0.2) is 17.3 Å². The van der Waals surface area contributed by atoms with Crippen LogP contribution < -0.4 is 5.32 Å². The Morgan fingerprint density at radius 2 is 2.04 bits per heavy atom. The van der Waals surface area contributed by atoms with Gasteiger partial charge in [-0.05, 0) is 31.2 Å². The molecule has 9 heteroatoms. The molecule has 0 fully saturated rings. The SMILES string of the molecule is Cc1c(-c2nsc(NC(=O)c3ccco3)n2)nnn1-c1ccccc1. The molecule has 25 heavy (non-hydrogen) atoms. The number of benzene rings is 1. The molecule has 0 aliphatic heterocycles. The third-order valence-electron chi connectivity index (χ3n) is 3.50. The van der Waals surface area contributed by atoms with E-state index in [2.05, 4.69) is 25.0 Å². The van der Waals surface area contributed by atoms with Crippen molar-refractivity contribution in [1.82, 2.24) is 24.4 Å². The minimum Gasteiger partial charge on any atom is -0.459 e. The Labute approximate surface area is 146 Å². The van der Waals surface area contributed by atoms with E-state index in [1.165, 1.54) is 6.26 Å². The number of anilines is 1. The topological polar surface area (TPSA) is 98.7 Å². The van der Waals surface area contributed by atoms with Crippen LogP contribution in [0.25, 0.3) is 17.2 Å². The molecular formula is C16H12N6O2S. The van der Waals surface area contributed by atoms with Crippen molar-refractivity contribution in [2.24, 2.45) is 0 Å². The van der Waals surface area contributed by atoms with Gasteiger partial charge in [-0.15, -0.1) is 5.10 Å². The van der Waals surface area contributed by atoms with Crippen LogP contribution in [0.5, 0.6) is 0 Å². The monoisotopic (exact) mass is 352 g/mol. The normalized spacial score (nSPS) is 10.8. The van der Waals surface area contributed by atoms with Crippen LogP contribution in [-0.2, 0) is 0 Å². The van der Waals surface area contributed by atoms with E-state index in [1.807, 2.05) is 37.3 Å². The van der Waals surface area contributed by atoms with Crippen molar-refractivity contribution in [3.8, 4) is 17.2 Å². The molecular weight excluding hydrogens is 340 g/mol. The second-order valence-corrected chi connectivity index (χ2v) is 5.88. The summed E-state index contributed by atoms with van der Waals surface area (Å²) in [4.78, 5) is 16.3. The number of carbonyl (C=O) groups excluding carboxylic acids is 1. The summed E-state index contributed by atoms with van der Waals surface area (Å²) in [5, 5.41) is 11.3. The van der Waals surface area contributed by atoms with Gasteiger partial charge in [0, 0.05) is 11.5 Å². The van der Waals surface area contributed by atoms with E-state index in [9.17, 15) is 4.79 Å². The summed E-state index contributed by atoms with van der Waals surface area (Å²) >= 11 is 1.07. The molecule has 0 atom stereocenters. The Kier molecular flexibility index (Phi) is 3.82. The Balaban J connectivity index is 1.59. The third kappa shape index (κ3) is 2.92. The Hall–Kier alpha value is -3.33. The van der Waals surface area contributed by atoms with Crippen LogP contribution in [0, 0.1) is 6.92 Å². The smallest absolute Gasteiger partial charge is 0.293 e. The first-order valence-corrected chi connectivity index (χ1v) is 8.16. The van der Waals surface area contributed by atoms with Gasteiger partial charge in [0.2, 0.25) is 5.13 Å². The average molecular weight is 352 g/mol. The number of aromatic nitrogens is 5. The van der Waals surface area contributed by atoms with Crippen LogP contribution >= 0.6 is 11.5 Å². The van der Waals surface area contributed by atoms with Gasteiger partial charge >= 0.3 is 0 Å². The fourth-order valence-electron chi connectivity index (χ4n) is 2.29. The molecule has 3 heterocycles. The van der Waals surface area contributed by atoms with Gasteiger partial charge in [-0.3, -0.25) is 10.1 Å². The first-order chi connectivity index (χ1) is 12.2. The molecule has 1 amide bonds. The van der Waals surface area contributed by atoms with Crippen molar-refractivity contribution in [3.63, 3.8) is 0 Å². The average Bonchev–Trinajstić information content (AvgIpc) is 3.36. The summed E-state index contributed by atoms with van der Waals surface area (Å²) in [6.45, 7) is 1.89. The van der Waals surface area contributed by atoms with Crippen LogP contribution in [0.1, 0.15) is 16.2 Å². The zero-order valence-electron chi connectivity index (χ0n) is 13.1. The van der Waals surface area contributed by atoms with Crippen molar-refractivity contribution in [3.05, 3.63) is 60.2 Å². The minimum atomic E-state index is -0.377. The van der Waals surface area contributed by atoms with Gasteiger partial charge in [0.05, 0.1) is 17.6 Å². The maximum atomic E-state index is 12.0. The van der Waals surface area contributed by atoms with Crippen LogP contribution in [0.15, 0.2) is 53.1 Å². The van der Waals surface area contributed by atoms with Gasteiger partial charge in [-0.25, -0.2) is 4.68 Å². The fraction of sp³-hybridized carbons (Fsp3) is 0.0625. The number of carbonyl (C=O) groups is 1. The highest BCUT2D eigenvalue weighted by atomic mass is 32.1. The molecule has 1 aromatic carbocycles. The molecule has 0 aliphatic rings. The van der Waals surface area contributed by atoms with Crippen molar-refractivity contribution >= 4 is 22.6 Å². The Bertz CT molecular complexity index is 1010. The van der Waals surface area contributed by atoms with Gasteiger partial charge in [-0.1, -0.05) is 23.4 Å². The third-order valence-corrected chi connectivity index (χ3v) is 4.13.